The summed E-state index contributed by atoms with van der Waals surface area (Å²) in [5, 5.41) is 0. The summed E-state index contributed by atoms with van der Waals surface area (Å²) < 4.78 is 11.2. The van der Waals surface area contributed by atoms with Crippen LogP contribution in [-0.4, -0.2) is 38.3 Å². The van der Waals surface area contributed by atoms with E-state index in [1.807, 2.05) is 6.92 Å². The van der Waals surface area contributed by atoms with Crippen LogP contribution in [0.1, 0.15) is 44.6 Å². The Hall–Kier alpha value is -1.22. The third-order valence-electron chi connectivity index (χ3n) is 5.47. The summed E-state index contributed by atoms with van der Waals surface area (Å²) in [7, 11) is 3.99. The van der Waals surface area contributed by atoms with E-state index in [0.29, 0.717) is 18.1 Å². The third-order valence-corrected chi connectivity index (χ3v) is 5.47. The van der Waals surface area contributed by atoms with Crippen molar-refractivity contribution < 1.29 is 9.47 Å². The molecule has 0 spiro atoms. The maximum atomic E-state index is 5.79. The molecule has 0 aromatic heterocycles. The zero-order valence-corrected chi connectivity index (χ0v) is 13.5. The van der Waals surface area contributed by atoms with Gasteiger partial charge in [-0.3, -0.25) is 0 Å². The molecule has 1 heterocycles. The molecule has 1 saturated carbocycles. The molecule has 1 aliphatic carbocycles. The fourth-order valence-electron chi connectivity index (χ4n) is 4.42. The fraction of sp³-hybridized carbons (Fsp3) is 0.667. The highest BCUT2D eigenvalue weighted by Crippen LogP contribution is 2.49. The number of nitrogens with zero attached hydrogens (tertiary/aromatic N) is 1. The van der Waals surface area contributed by atoms with Crippen LogP contribution in [0.5, 0.6) is 11.5 Å². The van der Waals surface area contributed by atoms with Gasteiger partial charge in [-0.15, -0.1) is 0 Å². The van der Waals surface area contributed by atoms with Crippen molar-refractivity contribution in [1.82, 2.24) is 4.90 Å². The van der Waals surface area contributed by atoms with Gasteiger partial charge < -0.3 is 14.4 Å². The Balaban J connectivity index is 2.00. The molecule has 1 aromatic carbocycles. The highest BCUT2D eigenvalue weighted by molar-refractivity contribution is 5.46. The molecule has 0 radical (unpaired) electrons. The second kappa shape index (κ2) is 5.88. The van der Waals surface area contributed by atoms with Crippen molar-refractivity contribution >= 4 is 0 Å². The third kappa shape index (κ3) is 2.42. The second-order valence-corrected chi connectivity index (χ2v) is 6.45. The Morgan fingerprint density at radius 2 is 2.10 bits per heavy atom. The molecule has 2 atom stereocenters. The number of rotatable bonds is 4. The lowest BCUT2D eigenvalue weighted by molar-refractivity contribution is 0.181. The van der Waals surface area contributed by atoms with Crippen molar-refractivity contribution in [2.45, 2.75) is 50.5 Å². The van der Waals surface area contributed by atoms with Crippen LogP contribution >= 0.6 is 0 Å². The van der Waals surface area contributed by atoms with Gasteiger partial charge in [0.05, 0.1) is 13.7 Å². The molecule has 3 heteroatoms. The summed E-state index contributed by atoms with van der Waals surface area (Å²) in [6, 6.07) is 7.27. The monoisotopic (exact) mass is 289 g/mol. The Kier molecular flexibility index (Phi) is 4.12. The van der Waals surface area contributed by atoms with E-state index in [4.69, 9.17) is 9.47 Å². The summed E-state index contributed by atoms with van der Waals surface area (Å²) in [4.78, 5) is 2.56. The Bertz CT molecular complexity index is 498. The number of benzene rings is 1. The van der Waals surface area contributed by atoms with Gasteiger partial charge in [0.15, 0.2) is 11.5 Å². The molecule has 1 aromatic rings. The highest BCUT2D eigenvalue weighted by atomic mass is 16.5. The van der Waals surface area contributed by atoms with E-state index in [-0.39, 0.29) is 0 Å². The number of likely N-dealkylation sites (tertiary alicyclic amines) is 1. The molecule has 0 bridgehead atoms. The average molecular weight is 289 g/mol. The first kappa shape index (κ1) is 14.7. The van der Waals surface area contributed by atoms with E-state index in [1.165, 1.54) is 44.2 Å². The molecule has 1 unspecified atom stereocenters. The summed E-state index contributed by atoms with van der Waals surface area (Å²) in [5.74, 6) is 1.74. The van der Waals surface area contributed by atoms with Crippen LogP contribution in [0, 0.1) is 0 Å². The lowest BCUT2D eigenvalue weighted by atomic mass is 9.66. The van der Waals surface area contributed by atoms with Crippen LogP contribution in [0.15, 0.2) is 18.2 Å². The molecule has 0 N–H and O–H groups in total. The van der Waals surface area contributed by atoms with E-state index in [1.54, 1.807) is 7.11 Å². The predicted octanol–water partition coefficient (Wildman–Crippen LogP) is 3.61. The molecule has 3 nitrogen and oxygen atoms in total. The molecule has 2 fully saturated rings. The lowest BCUT2D eigenvalue weighted by Gasteiger charge is -2.42. The van der Waals surface area contributed by atoms with Crippen LogP contribution in [0.3, 0.4) is 0 Å². The van der Waals surface area contributed by atoms with Gasteiger partial charge in [0, 0.05) is 11.5 Å². The minimum atomic E-state index is 0.325. The van der Waals surface area contributed by atoms with Crippen molar-refractivity contribution in [1.29, 1.82) is 0 Å². The van der Waals surface area contributed by atoms with Crippen molar-refractivity contribution in [3.05, 3.63) is 23.8 Å². The van der Waals surface area contributed by atoms with Crippen molar-refractivity contribution in [3.63, 3.8) is 0 Å². The average Bonchev–Trinajstić information content (AvgIpc) is 2.86. The fourth-order valence-corrected chi connectivity index (χ4v) is 4.42. The van der Waals surface area contributed by atoms with Gasteiger partial charge in [0.1, 0.15) is 0 Å². The van der Waals surface area contributed by atoms with Crippen LogP contribution in [-0.2, 0) is 5.41 Å². The molecular weight excluding hydrogens is 262 g/mol. The lowest BCUT2D eigenvalue weighted by Crippen LogP contribution is -2.43. The van der Waals surface area contributed by atoms with Crippen LogP contribution in [0.2, 0.25) is 0 Å². The summed E-state index contributed by atoms with van der Waals surface area (Å²) in [5.41, 5.74) is 1.77. The van der Waals surface area contributed by atoms with Crippen molar-refractivity contribution in [2.24, 2.45) is 0 Å². The Morgan fingerprint density at radius 3 is 2.86 bits per heavy atom. The Morgan fingerprint density at radius 1 is 1.24 bits per heavy atom. The van der Waals surface area contributed by atoms with Gasteiger partial charge >= 0.3 is 0 Å². The first-order valence-corrected chi connectivity index (χ1v) is 8.23. The largest absolute Gasteiger partial charge is 0.493 e. The van der Waals surface area contributed by atoms with Gasteiger partial charge in [-0.2, -0.15) is 0 Å². The number of methoxy groups -OCH3 is 1. The summed E-state index contributed by atoms with van der Waals surface area (Å²) in [6.07, 6.45) is 6.62. The molecule has 0 amide bonds. The first-order chi connectivity index (χ1) is 10.2. The molecule has 1 aliphatic heterocycles. The Labute approximate surface area is 128 Å². The smallest absolute Gasteiger partial charge is 0.161 e. The maximum absolute atomic E-state index is 5.79. The van der Waals surface area contributed by atoms with Crippen LogP contribution in [0.25, 0.3) is 0 Å². The number of hydrogen-bond acceptors (Lipinski definition) is 3. The summed E-state index contributed by atoms with van der Waals surface area (Å²) in [6.45, 7) is 3.91. The number of ether oxygens (including phenoxy) is 2. The van der Waals surface area contributed by atoms with Crippen LogP contribution < -0.4 is 9.47 Å². The second-order valence-electron chi connectivity index (χ2n) is 6.45. The van der Waals surface area contributed by atoms with Gasteiger partial charge in [0.2, 0.25) is 0 Å². The minimum absolute atomic E-state index is 0.325. The van der Waals surface area contributed by atoms with E-state index in [0.717, 1.165) is 11.5 Å². The predicted molar refractivity (Wildman–Crippen MR) is 85.3 cm³/mol. The quantitative estimate of drug-likeness (QED) is 0.845. The van der Waals surface area contributed by atoms with E-state index < -0.39 is 0 Å². The molecule has 2 aliphatic rings. The molecule has 116 valence electrons. The highest BCUT2D eigenvalue weighted by Gasteiger charge is 2.48. The van der Waals surface area contributed by atoms with Gasteiger partial charge in [-0.1, -0.05) is 18.9 Å². The zero-order chi connectivity index (χ0) is 14.9. The first-order valence-electron chi connectivity index (χ1n) is 8.23. The normalized spacial score (nSPS) is 29.2. The minimum Gasteiger partial charge on any atom is -0.493 e. The van der Waals surface area contributed by atoms with Gasteiger partial charge in [-0.25, -0.2) is 0 Å². The zero-order valence-electron chi connectivity index (χ0n) is 13.5. The van der Waals surface area contributed by atoms with E-state index in [9.17, 15) is 0 Å². The van der Waals surface area contributed by atoms with Gasteiger partial charge in [0.25, 0.3) is 0 Å². The number of hydrogen-bond donors (Lipinski definition) is 0. The summed E-state index contributed by atoms with van der Waals surface area (Å²) >= 11 is 0. The van der Waals surface area contributed by atoms with Gasteiger partial charge in [-0.05, 0) is 57.5 Å². The standard InChI is InChI=1S/C18H27NO2/c1-4-21-16-13-14(8-9-15(16)20-3)18-10-6-5-7-17(18)19(2)12-11-18/h8-9,13,17H,4-7,10-12H2,1-3H3/t17?,18-/m0/s1. The molecular formula is C18H27NO2. The maximum Gasteiger partial charge on any atom is 0.161 e. The van der Waals surface area contributed by atoms with Crippen molar-refractivity contribution in [3.8, 4) is 11.5 Å². The van der Waals surface area contributed by atoms with E-state index in [2.05, 4.69) is 30.1 Å². The number of fused-ring (bicyclic) bond motifs is 1. The van der Waals surface area contributed by atoms with Crippen LogP contribution in [0.4, 0.5) is 0 Å². The van der Waals surface area contributed by atoms with E-state index >= 15 is 0 Å². The van der Waals surface area contributed by atoms with Crippen molar-refractivity contribution in [2.75, 3.05) is 27.3 Å². The molecule has 1 saturated heterocycles. The molecule has 21 heavy (non-hydrogen) atoms. The topological polar surface area (TPSA) is 21.7 Å². The molecule has 3 rings (SSSR count). The SMILES string of the molecule is CCOc1cc([C@@]23CCCCC2N(C)CC3)ccc1OC. The number of likely N-dealkylation sites (N-methyl/N-ethyl adjacent to an activating group) is 1.